The van der Waals surface area contributed by atoms with E-state index in [4.69, 9.17) is 11.5 Å². The first-order valence-electron chi connectivity index (χ1n) is 18.0. The Labute approximate surface area is 300 Å². The summed E-state index contributed by atoms with van der Waals surface area (Å²) in [4.78, 5) is 50.4. The first-order valence-corrected chi connectivity index (χ1v) is 18.8. The molecule has 10 heteroatoms. The average molecular weight is 697 g/mol. The molecule has 266 valence electrons. The monoisotopic (exact) mass is 696 g/mol. The number of aromatic amines is 1. The Balaban J connectivity index is 1.58. The zero-order chi connectivity index (χ0) is 35.5. The van der Waals surface area contributed by atoms with E-state index in [1.165, 1.54) is 0 Å². The summed E-state index contributed by atoms with van der Waals surface area (Å²) in [6, 6.07) is 21.1. The maximum absolute atomic E-state index is 14.7. The fourth-order valence-corrected chi connectivity index (χ4v) is 8.08. The van der Waals surface area contributed by atoms with Crippen molar-refractivity contribution in [2.45, 2.75) is 93.8 Å². The lowest BCUT2D eigenvalue weighted by Crippen LogP contribution is -2.52. The van der Waals surface area contributed by atoms with Gasteiger partial charge in [0.05, 0.1) is 6.04 Å². The van der Waals surface area contributed by atoms with Crippen molar-refractivity contribution in [3.05, 3.63) is 95.2 Å². The maximum Gasteiger partial charge on any atom is 0.243 e. The molecule has 0 saturated carbocycles. The number of nitrogens with zero attached hydrogens (tertiary/aromatic N) is 1. The minimum Gasteiger partial charge on any atom is -0.361 e. The van der Waals surface area contributed by atoms with E-state index in [9.17, 15) is 14.4 Å². The molecule has 3 atom stereocenters. The largest absolute Gasteiger partial charge is 0.361 e. The third kappa shape index (κ3) is 9.23. The van der Waals surface area contributed by atoms with Gasteiger partial charge in [0.1, 0.15) is 6.04 Å². The molecule has 7 N–H and O–H groups in total. The van der Waals surface area contributed by atoms with Crippen LogP contribution in [-0.4, -0.2) is 59.2 Å². The number of benzene rings is 3. The number of aryl methyl sites for hydroxylation is 1. The van der Waals surface area contributed by atoms with Gasteiger partial charge in [-0.2, -0.15) is 0 Å². The van der Waals surface area contributed by atoms with Crippen molar-refractivity contribution in [1.82, 2.24) is 20.5 Å². The van der Waals surface area contributed by atoms with Crippen LogP contribution in [0.2, 0.25) is 0 Å². The second-order valence-corrected chi connectivity index (χ2v) is 14.3. The zero-order valence-electron chi connectivity index (χ0n) is 29.4. The Hall–Kier alpha value is -3.96. The van der Waals surface area contributed by atoms with E-state index >= 15 is 0 Å². The Bertz CT molecular complexity index is 1760. The van der Waals surface area contributed by atoms with Gasteiger partial charge in [-0.25, -0.2) is 0 Å². The number of amides is 2. The molecule has 9 nitrogen and oxygen atoms in total. The number of H-pyrrole nitrogens is 1. The van der Waals surface area contributed by atoms with Crippen LogP contribution in [0.15, 0.2) is 82.7 Å². The molecule has 0 saturated heterocycles. The average Bonchev–Trinajstić information content (AvgIpc) is 3.54. The van der Waals surface area contributed by atoms with Crippen LogP contribution >= 0.6 is 11.8 Å². The summed E-state index contributed by atoms with van der Waals surface area (Å²) < 4.78 is 0. The predicted octanol–water partition coefficient (Wildman–Crippen LogP) is 5.62. The van der Waals surface area contributed by atoms with Gasteiger partial charge in [-0.15, -0.1) is 0 Å². The summed E-state index contributed by atoms with van der Waals surface area (Å²) in [5.41, 5.74) is 16.9. The number of hydrogen-bond donors (Lipinski definition) is 5. The summed E-state index contributed by atoms with van der Waals surface area (Å²) in [6.45, 7) is 6.13. The van der Waals surface area contributed by atoms with Crippen LogP contribution in [0.4, 0.5) is 0 Å². The third-order valence-corrected chi connectivity index (χ3v) is 11.2. The first-order chi connectivity index (χ1) is 24.3. The molecule has 1 aliphatic rings. The van der Waals surface area contributed by atoms with Gasteiger partial charge in [-0.3, -0.25) is 14.4 Å². The minimum atomic E-state index is -0.776. The second-order valence-electron chi connectivity index (χ2n) is 13.2. The highest BCUT2D eigenvalue weighted by molar-refractivity contribution is 7.99. The van der Waals surface area contributed by atoms with Gasteiger partial charge in [-0.1, -0.05) is 72.8 Å². The molecule has 1 aromatic heterocycles. The third-order valence-electron chi connectivity index (χ3n) is 9.75. The lowest BCUT2D eigenvalue weighted by Gasteiger charge is -2.33. The highest BCUT2D eigenvalue weighted by Gasteiger charge is 2.35. The number of unbranched alkanes of at least 4 members (excludes halogenated alkanes) is 1. The first kappa shape index (κ1) is 37.3. The molecule has 0 radical (unpaired) electrons. The molecule has 1 aliphatic heterocycles. The van der Waals surface area contributed by atoms with Crippen molar-refractivity contribution in [2.75, 3.05) is 19.6 Å². The van der Waals surface area contributed by atoms with Crippen LogP contribution in [0.25, 0.3) is 10.9 Å². The maximum atomic E-state index is 14.7. The lowest BCUT2D eigenvalue weighted by molar-refractivity contribution is -0.145. The molecule has 0 fully saturated rings. The molecule has 0 bridgehead atoms. The van der Waals surface area contributed by atoms with E-state index in [1.807, 2.05) is 55.6 Å². The number of likely N-dealkylation sites (N-methyl/N-ethyl adjacent to an activating group) is 1. The van der Waals surface area contributed by atoms with E-state index in [2.05, 4.69) is 46.8 Å². The number of ketones is 1. The number of fused-ring (bicyclic) bond motifs is 3. The second kappa shape index (κ2) is 18.3. The molecule has 2 amide bonds. The summed E-state index contributed by atoms with van der Waals surface area (Å²) in [5, 5.41) is 7.79. The van der Waals surface area contributed by atoms with Gasteiger partial charge in [0.2, 0.25) is 11.8 Å². The molecular weight excluding hydrogens is 645 g/mol. The van der Waals surface area contributed by atoms with Crippen molar-refractivity contribution in [1.29, 1.82) is 0 Å². The van der Waals surface area contributed by atoms with E-state index < -0.39 is 18.0 Å². The van der Waals surface area contributed by atoms with Crippen molar-refractivity contribution in [2.24, 2.45) is 17.4 Å². The number of carbonyl (C=O) groups excluding carboxylic acids is 3. The van der Waals surface area contributed by atoms with Crippen molar-refractivity contribution >= 4 is 40.3 Å². The highest BCUT2D eigenvalue weighted by atomic mass is 32.2. The Morgan fingerprint density at radius 1 is 0.860 bits per heavy atom. The normalized spacial score (nSPS) is 19.6. The van der Waals surface area contributed by atoms with Crippen LogP contribution in [0.1, 0.15) is 67.7 Å². The van der Waals surface area contributed by atoms with Crippen molar-refractivity contribution < 1.29 is 14.4 Å². The minimum absolute atomic E-state index is 0.00567. The van der Waals surface area contributed by atoms with Gasteiger partial charge in [0.25, 0.3) is 0 Å². The van der Waals surface area contributed by atoms with Gasteiger partial charge >= 0.3 is 0 Å². The van der Waals surface area contributed by atoms with E-state index in [-0.39, 0.29) is 24.0 Å². The molecule has 0 aliphatic carbocycles. The molecule has 0 unspecified atom stereocenters. The van der Waals surface area contributed by atoms with Crippen LogP contribution in [-0.2, 0) is 33.9 Å². The fraction of sp³-hybridized carbons (Fsp3) is 0.425. The van der Waals surface area contributed by atoms with Gasteiger partial charge in [0, 0.05) is 65.3 Å². The Morgan fingerprint density at radius 3 is 2.42 bits per heavy atom. The van der Waals surface area contributed by atoms with Crippen LogP contribution in [0.5, 0.6) is 0 Å². The number of aromatic nitrogens is 1. The molecule has 5 rings (SSSR count). The fourth-order valence-electron chi connectivity index (χ4n) is 6.94. The number of Topliss-reactive ketones (excluding diaryl/α,β-unsaturated/α-hetero) is 1. The number of rotatable bonds is 10. The highest BCUT2D eigenvalue weighted by Crippen LogP contribution is 2.36. The van der Waals surface area contributed by atoms with Crippen LogP contribution in [0, 0.1) is 12.8 Å². The molecular formula is C40H52N6O3S. The smallest absolute Gasteiger partial charge is 0.243 e. The topological polar surface area (TPSA) is 146 Å². The van der Waals surface area contributed by atoms with E-state index in [0.717, 1.165) is 55.8 Å². The molecule has 2 heterocycles. The van der Waals surface area contributed by atoms with Gasteiger partial charge in [0.15, 0.2) is 5.78 Å². The van der Waals surface area contributed by atoms with Crippen LogP contribution in [0.3, 0.4) is 0 Å². The SMILES string of the molecule is CCN1C(=O)[C@H](CCCCN)CC(=O)[C@H](CCCN)NCc2ccccc2Sc2c(C)cccc2CNC(=O)[C@@H]1Cc1c[nH]c2ccccc12. The van der Waals surface area contributed by atoms with Crippen molar-refractivity contribution in [3.63, 3.8) is 0 Å². The molecule has 3 aromatic carbocycles. The Kier molecular flexibility index (Phi) is 13.7. The number of nitrogens with two attached hydrogens (primary N) is 2. The van der Waals surface area contributed by atoms with Crippen molar-refractivity contribution in [3.8, 4) is 0 Å². The molecule has 0 spiro atoms. The summed E-state index contributed by atoms with van der Waals surface area (Å²) >= 11 is 1.68. The van der Waals surface area contributed by atoms with Gasteiger partial charge in [-0.05, 0) is 87.0 Å². The molecule has 4 aromatic rings. The number of para-hydroxylation sites is 1. The molecule has 50 heavy (non-hydrogen) atoms. The number of hydrogen-bond acceptors (Lipinski definition) is 7. The Morgan fingerprint density at radius 2 is 1.62 bits per heavy atom. The quantitative estimate of drug-likeness (QED) is 0.135. The van der Waals surface area contributed by atoms with Crippen LogP contribution < -0.4 is 22.1 Å². The lowest BCUT2D eigenvalue weighted by atomic mass is 9.90. The number of carbonyl (C=O) groups is 3. The summed E-state index contributed by atoms with van der Waals surface area (Å²) in [7, 11) is 0. The van der Waals surface area contributed by atoms with Gasteiger partial charge < -0.3 is 32.0 Å². The standard InChI is InChI=1S/C40H52N6O3S/c1-3-46-35(22-31-26-43-33-17-6-5-16-32(31)33)39(48)45-25-30-15-10-12-27(2)38(30)50-37-19-7-4-14-29(37)24-44-34(18-11-21-42)36(47)23-28(40(46)49)13-8-9-20-41/h4-7,10,12,14-17,19,26,28,34-35,43-44H,3,8-9,11,13,18,20-25,41-42H2,1-2H3,(H,45,48)/t28-,34+,35+/m1/s1. The zero-order valence-corrected chi connectivity index (χ0v) is 30.2. The van der Waals surface area contributed by atoms with E-state index in [1.54, 1.807) is 16.7 Å². The van der Waals surface area contributed by atoms with E-state index in [0.29, 0.717) is 58.4 Å². The summed E-state index contributed by atoms with van der Waals surface area (Å²) in [5.74, 6) is -0.968. The predicted molar refractivity (Wildman–Crippen MR) is 202 cm³/mol. The summed E-state index contributed by atoms with van der Waals surface area (Å²) in [6.07, 6.45) is 5.62. The number of nitrogens with one attached hydrogen (secondary N) is 3.